The van der Waals surface area contributed by atoms with Gasteiger partial charge in [-0.3, -0.25) is 9.96 Å². The lowest BCUT2D eigenvalue weighted by atomic mass is 10.0. The number of aromatic nitrogens is 1. The summed E-state index contributed by atoms with van der Waals surface area (Å²) in [6.07, 6.45) is 2.98. The van der Waals surface area contributed by atoms with E-state index in [1.807, 2.05) is 42.3 Å². The molecule has 1 saturated heterocycles. The van der Waals surface area contributed by atoms with Crippen LogP contribution in [-0.4, -0.2) is 59.6 Å². The molecule has 1 aliphatic rings. The first-order chi connectivity index (χ1) is 16.9. The normalized spacial score (nSPS) is 15.1. The molecule has 3 aromatic rings. The number of carbonyl (C=O) groups excluding carboxylic acids is 1. The molecular weight excluding hydrogens is 448 g/mol. The van der Waals surface area contributed by atoms with Gasteiger partial charge >= 0.3 is 11.9 Å². The quantitative estimate of drug-likeness (QED) is 0.478. The van der Waals surface area contributed by atoms with Crippen LogP contribution in [0.1, 0.15) is 23.2 Å². The van der Waals surface area contributed by atoms with Gasteiger partial charge in [0.2, 0.25) is 0 Å². The number of amides is 1. The Morgan fingerprint density at radius 2 is 1.71 bits per heavy atom. The molecule has 9 nitrogen and oxygen atoms in total. The highest BCUT2D eigenvalue weighted by atomic mass is 16.5. The van der Waals surface area contributed by atoms with E-state index < -0.39 is 16.9 Å². The van der Waals surface area contributed by atoms with E-state index in [9.17, 15) is 14.8 Å². The fraction of sp³-hybridized carbons (Fsp3) is 0.269. The molecule has 0 aliphatic carbocycles. The van der Waals surface area contributed by atoms with Crippen LogP contribution in [-0.2, 0) is 4.79 Å². The number of likely N-dealkylation sites (N-methyl/N-ethyl adjacent to an activating group) is 1. The lowest BCUT2D eigenvalue weighted by Crippen LogP contribution is -3.06. The number of quaternary nitrogens is 1. The molecule has 2 heterocycles. The van der Waals surface area contributed by atoms with Crippen molar-refractivity contribution in [2.75, 3.05) is 31.6 Å². The Labute approximate surface area is 203 Å². The summed E-state index contributed by atoms with van der Waals surface area (Å²) in [5.41, 5.74) is 0.499. The topological polar surface area (TPSA) is 110 Å². The lowest BCUT2D eigenvalue weighted by Gasteiger charge is -2.37. The van der Waals surface area contributed by atoms with Crippen molar-refractivity contribution >= 4 is 23.4 Å². The Kier molecular flexibility index (Phi) is 7.71. The van der Waals surface area contributed by atoms with E-state index in [2.05, 4.69) is 9.88 Å². The first-order valence-corrected chi connectivity index (χ1v) is 11.5. The molecule has 0 radical (unpaired) electrons. The van der Waals surface area contributed by atoms with E-state index in [4.69, 9.17) is 9.84 Å². The molecule has 35 heavy (non-hydrogen) atoms. The number of benzene rings is 2. The molecule has 1 fully saturated rings. The number of nitrogens with zero attached hydrogens (tertiary/aromatic N) is 3. The molecule has 182 valence electrons. The van der Waals surface area contributed by atoms with Gasteiger partial charge in [0.15, 0.2) is 0 Å². The Bertz CT molecular complexity index is 1130. The van der Waals surface area contributed by atoms with E-state index >= 15 is 0 Å². The van der Waals surface area contributed by atoms with E-state index in [1.165, 1.54) is 6.20 Å². The zero-order valence-corrected chi connectivity index (χ0v) is 19.5. The molecule has 1 atom stereocenters. The van der Waals surface area contributed by atoms with Crippen molar-refractivity contribution < 1.29 is 24.5 Å². The monoisotopic (exact) mass is 476 g/mol. The maximum absolute atomic E-state index is 12.7. The van der Waals surface area contributed by atoms with Crippen molar-refractivity contribution in [3.63, 3.8) is 0 Å². The summed E-state index contributed by atoms with van der Waals surface area (Å²) in [6, 6.07) is 19.4. The smallest absolute Gasteiger partial charge is 0.337 e. The third-order valence-corrected chi connectivity index (χ3v) is 6.15. The van der Waals surface area contributed by atoms with Gasteiger partial charge in [0.05, 0.1) is 5.56 Å². The van der Waals surface area contributed by atoms with Gasteiger partial charge in [-0.1, -0.05) is 18.2 Å². The minimum atomic E-state index is -1.000. The Morgan fingerprint density at radius 1 is 1.06 bits per heavy atom. The van der Waals surface area contributed by atoms with Crippen molar-refractivity contribution in [3.05, 3.63) is 83.7 Å². The van der Waals surface area contributed by atoms with Crippen molar-refractivity contribution in [1.29, 1.82) is 0 Å². The van der Waals surface area contributed by atoms with Crippen molar-refractivity contribution in [1.82, 2.24) is 9.88 Å². The lowest BCUT2D eigenvalue weighted by molar-refractivity contribution is -0.689. The molecule has 2 N–H and O–H groups in total. The Balaban J connectivity index is 1.26. The number of nitrogens with one attached hydrogen (secondary N) is 1. The van der Waals surface area contributed by atoms with E-state index in [-0.39, 0.29) is 18.2 Å². The maximum atomic E-state index is 12.7. The zero-order valence-electron chi connectivity index (χ0n) is 19.5. The molecule has 4 rings (SSSR count). The molecule has 9 heteroatoms. The predicted octanol–water partition coefficient (Wildman–Crippen LogP) is 2.71. The van der Waals surface area contributed by atoms with Crippen LogP contribution >= 0.6 is 0 Å². The highest BCUT2D eigenvalue weighted by Gasteiger charge is 2.26. The fourth-order valence-electron chi connectivity index (χ4n) is 4.12. The average molecular weight is 477 g/mol. The second-order valence-electron chi connectivity index (χ2n) is 8.54. The second kappa shape index (κ2) is 11.1. The molecule has 0 bridgehead atoms. The zero-order chi connectivity index (χ0) is 24.8. The van der Waals surface area contributed by atoms with Gasteiger partial charge in [0.25, 0.3) is 0 Å². The van der Waals surface area contributed by atoms with Crippen LogP contribution in [0.25, 0.3) is 0 Å². The number of hydrogen-bond acceptors (Lipinski definition) is 7. The van der Waals surface area contributed by atoms with Crippen LogP contribution in [0.5, 0.6) is 11.5 Å². The number of aromatic carboxylic acids is 1. The van der Waals surface area contributed by atoms with Crippen LogP contribution in [0.15, 0.2) is 72.9 Å². The van der Waals surface area contributed by atoms with Crippen molar-refractivity contribution in [2.45, 2.75) is 18.9 Å². The standard InChI is InChI=1S/C26H28N4O5/c1-28(20-13-15-29(16-14-20)24-12-7-19(17-27-24)26(32)33)18-25(31)30(34)21-8-10-23(11-9-21)35-22-5-3-2-4-6-22/h2-12,17,20,30H,13-16,18H2,1H3,(H,32,33). The highest BCUT2D eigenvalue weighted by Crippen LogP contribution is 2.22. The minimum absolute atomic E-state index is 0.0529. The van der Waals surface area contributed by atoms with E-state index in [0.29, 0.717) is 17.2 Å². The fourth-order valence-corrected chi connectivity index (χ4v) is 4.12. The van der Waals surface area contributed by atoms with Gasteiger partial charge < -0.3 is 20.0 Å². The Hall–Kier alpha value is -3.79. The van der Waals surface area contributed by atoms with E-state index in [0.717, 1.165) is 31.7 Å². The SMILES string of the molecule is CN(CC(=O)[NH+]([O-])c1ccc(Oc2ccccc2)cc1)C1CCN(c2ccc(C(=O)O)cn2)CC1. The molecule has 1 aromatic heterocycles. The number of piperidine rings is 1. The van der Waals surface area contributed by atoms with Gasteiger partial charge in [-0.25, -0.2) is 14.6 Å². The second-order valence-corrected chi connectivity index (χ2v) is 8.54. The van der Waals surface area contributed by atoms with Crippen LogP contribution in [0, 0.1) is 5.21 Å². The van der Waals surface area contributed by atoms with Gasteiger partial charge in [-0.15, -0.1) is 0 Å². The summed E-state index contributed by atoms with van der Waals surface area (Å²) in [5, 5.41) is 21.2. The summed E-state index contributed by atoms with van der Waals surface area (Å²) in [6.45, 7) is 1.52. The van der Waals surface area contributed by atoms with Crippen LogP contribution in [0.3, 0.4) is 0 Å². The number of pyridine rings is 1. The van der Waals surface area contributed by atoms with Crippen LogP contribution in [0.4, 0.5) is 11.5 Å². The number of ether oxygens (including phenoxy) is 1. The third-order valence-electron chi connectivity index (χ3n) is 6.15. The van der Waals surface area contributed by atoms with Gasteiger partial charge in [-0.2, -0.15) is 0 Å². The molecular formula is C26H28N4O5. The average Bonchev–Trinajstić information content (AvgIpc) is 2.89. The Morgan fingerprint density at radius 3 is 2.31 bits per heavy atom. The molecule has 0 saturated carbocycles. The predicted molar refractivity (Wildman–Crippen MR) is 131 cm³/mol. The molecule has 1 unspecified atom stereocenters. The van der Waals surface area contributed by atoms with Crippen LogP contribution in [0.2, 0.25) is 0 Å². The molecule has 0 spiro atoms. The van der Waals surface area contributed by atoms with Crippen molar-refractivity contribution in [2.24, 2.45) is 0 Å². The van der Waals surface area contributed by atoms with Crippen LogP contribution < -0.4 is 14.7 Å². The number of hydrogen-bond donors (Lipinski definition) is 2. The summed E-state index contributed by atoms with van der Waals surface area (Å²) in [7, 11) is 1.86. The third kappa shape index (κ3) is 6.21. The number of carboxylic acids is 1. The summed E-state index contributed by atoms with van der Waals surface area (Å²) in [4.78, 5) is 31.9. The first-order valence-electron chi connectivity index (χ1n) is 11.5. The number of hydroxylamine groups is 1. The van der Waals surface area contributed by atoms with E-state index in [1.54, 1.807) is 36.4 Å². The highest BCUT2D eigenvalue weighted by molar-refractivity contribution is 5.87. The number of carbonyl (C=O) groups is 2. The van der Waals surface area contributed by atoms with Gasteiger partial charge in [-0.05, 0) is 56.3 Å². The van der Waals surface area contributed by atoms with Gasteiger partial charge in [0.1, 0.15) is 29.5 Å². The first kappa shape index (κ1) is 24.3. The number of anilines is 1. The number of carboxylic acid groups (broad SMARTS) is 1. The molecule has 1 aliphatic heterocycles. The number of para-hydroxylation sites is 1. The number of rotatable bonds is 8. The van der Waals surface area contributed by atoms with Crippen molar-refractivity contribution in [3.8, 4) is 11.5 Å². The minimum Gasteiger partial charge on any atom is -0.621 e. The molecule has 1 amide bonds. The molecule has 2 aromatic carbocycles. The summed E-state index contributed by atoms with van der Waals surface area (Å²) >= 11 is 0. The summed E-state index contributed by atoms with van der Waals surface area (Å²) < 4.78 is 5.74. The van der Waals surface area contributed by atoms with Gasteiger partial charge in [0, 0.05) is 37.5 Å². The maximum Gasteiger partial charge on any atom is 0.337 e. The summed E-state index contributed by atoms with van der Waals surface area (Å²) in [5.74, 6) is 0.583. The largest absolute Gasteiger partial charge is 0.621 e.